The average molecular weight is 397 g/mol. The highest BCUT2D eigenvalue weighted by atomic mass is 16.6. The number of ether oxygens (including phenoxy) is 2. The largest absolute Gasteiger partial charge is 0.467 e. The van der Waals surface area contributed by atoms with Gasteiger partial charge in [-0.3, -0.25) is 15.0 Å². The first-order valence-electron chi connectivity index (χ1n) is 9.17. The van der Waals surface area contributed by atoms with Gasteiger partial charge in [0.2, 0.25) is 0 Å². The molecule has 9 nitrogen and oxygen atoms in total. The third-order valence-electron chi connectivity index (χ3n) is 5.10. The summed E-state index contributed by atoms with van der Waals surface area (Å²) in [5, 5.41) is 14.0. The molecule has 0 aliphatic carbocycles. The van der Waals surface area contributed by atoms with Gasteiger partial charge in [0.05, 0.1) is 23.1 Å². The number of anilines is 1. The number of hydrogen-bond donors (Lipinski definition) is 1. The lowest BCUT2D eigenvalue weighted by Gasteiger charge is -2.50. The molecular weight excluding hydrogens is 378 g/mol. The first-order chi connectivity index (χ1) is 13.8. The Bertz CT molecular complexity index is 1010. The van der Waals surface area contributed by atoms with Crippen molar-refractivity contribution >= 4 is 23.4 Å². The van der Waals surface area contributed by atoms with Crippen LogP contribution in [-0.4, -0.2) is 29.3 Å². The molecule has 1 N–H and O–H groups in total. The van der Waals surface area contributed by atoms with Gasteiger partial charge in [-0.2, -0.15) is 0 Å². The second-order valence-electron chi connectivity index (χ2n) is 7.07. The van der Waals surface area contributed by atoms with E-state index in [0.29, 0.717) is 29.0 Å². The summed E-state index contributed by atoms with van der Waals surface area (Å²) in [7, 11) is 0. The number of carbonyl (C=O) groups is 2. The number of amides is 2. The van der Waals surface area contributed by atoms with Crippen LogP contribution in [0, 0.1) is 10.1 Å². The zero-order valence-corrected chi connectivity index (χ0v) is 15.9. The number of hydrogen-bond acceptors (Lipinski definition) is 6. The Labute approximate surface area is 166 Å². The van der Waals surface area contributed by atoms with E-state index in [2.05, 4.69) is 5.32 Å². The van der Waals surface area contributed by atoms with E-state index in [0.717, 1.165) is 0 Å². The van der Waals surface area contributed by atoms with Crippen molar-refractivity contribution < 1.29 is 24.0 Å². The number of non-ortho nitro benzene ring substituents is 1. The molecule has 2 aromatic carbocycles. The van der Waals surface area contributed by atoms with Crippen molar-refractivity contribution in [3.63, 3.8) is 0 Å². The topological polar surface area (TPSA) is 111 Å². The van der Waals surface area contributed by atoms with Crippen LogP contribution >= 0.6 is 0 Å². The number of nitrogens with zero attached hydrogens (tertiary/aromatic N) is 2. The van der Waals surface area contributed by atoms with Gasteiger partial charge >= 0.3 is 12.0 Å². The third-order valence-corrected chi connectivity index (χ3v) is 5.10. The van der Waals surface area contributed by atoms with Gasteiger partial charge in [-0.1, -0.05) is 0 Å². The van der Waals surface area contributed by atoms with Gasteiger partial charge in [0.25, 0.3) is 5.69 Å². The van der Waals surface area contributed by atoms with E-state index >= 15 is 0 Å². The van der Waals surface area contributed by atoms with Crippen LogP contribution in [0.5, 0.6) is 5.75 Å². The quantitative estimate of drug-likeness (QED) is 0.480. The number of nitrogens with one attached hydrogen (secondary N) is 1. The molecule has 0 radical (unpaired) electrons. The highest BCUT2D eigenvalue weighted by molar-refractivity contribution is 5.96. The Balaban J connectivity index is 1.67. The Kier molecular flexibility index (Phi) is 4.37. The second-order valence-corrected chi connectivity index (χ2v) is 7.07. The van der Waals surface area contributed by atoms with Crippen LogP contribution in [0.1, 0.15) is 42.2 Å². The van der Waals surface area contributed by atoms with E-state index in [1.165, 1.54) is 17.0 Å². The molecule has 2 amide bonds. The molecule has 0 unspecified atom stereocenters. The molecule has 150 valence electrons. The molecule has 2 bridgehead atoms. The SMILES string of the molecule is CCOC(=O)c1ccc(N2C(=O)N[C@H]3C[C@]2(C)Oc2ccc([N+](=O)[O-])cc23)cc1. The van der Waals surface area contributed by atoms with Crippen LogP contribution in [0.25, 0.3) is 0 Å². The Morgan fingerprint density at radius 3 is 2.72 bits per heavy atom. The molecule has 1 saturated heterocycles. The second kappa shape index (κ2) is 6.77. The van der Waals surface area contributed by atoms with Crippen molar-refractivity contribution in [2.75, 3.05) is 11.5 Å². The van der Waals surface area contributed by atoms with Gasteiger partial charge in [0.15, 0.2) is 5.72 Å². The lowest BCUT2D eigenvalue weighted by Crippen LogP contribution is -2.65. The van der Waals surface area contributed by atoms with Crippen LogP contribution in [0.15, 0.2) is 42.5 Å². The maximum absolute atomic E-state index is 12.9. The number of fused-ring (bicyclic) bond motifs is 4. The lowest BCUT2D eigenvalue weighted by molar-refractivity contribution is -0.385. The van der Waals surface area contributed by atoms with Crippen LogP contribution in [-0.2, 0) is 4.74 Å². The summed E-state index contributed by atoms with van der Waals surface area (Å²) in [5.41, 5.74) is 0.492. The molecule has 29 heavy (non-hydrogen) atoms. The van der Waals surface area contributed by atoms with E-state index in [9.17, 15) is 19.7 Å². The van der Waals surface area contributed by atoms with Crippen LogP contribution in [0.4, 0.5) is 16.2 Å². The number of rotatable bonds is 4. The number of carbonyl (C=O) groups excluding carboxylic acids is 2. The average Bonchev–Trinajstić information content (AvgIpc) is 2.67. The first kappa shape index (κ1) is 18.7. The van der Waals surface area contributed by atoms with Gasteiger partial charge in [-0.15, -0.1) is 0 Å². The molecule has 4 rings (SSSR count). The van der Waals surface area contributed by atoms with E-state index < -0.39 is 22.7 Å². The maximum Gasteiger partial charge on any atom is 0.338 e. The maximum atomic E-state index is 12.9. The smallest absolute Gasteiger partial charge is 0.338 e. The normalized spacial score (nSPS) is 22.2. The van der Waals surface area contributed by atoms with Crippen LogP contribution < -0.4 is 15.0 Å². The van der Waals surface area contributed by atoms with Crippen molar-refractivity contribution in [2.45, 2.75) is 32.0 Å². The van der Waals surface area contributed by atoms with Crippen molar-refractivity contribution in [3.05, 3.63) is 63.7 Å². The van der Waals surface area contributed by atoms with Crippen molar-refractivity contribution in [1.82, 2.24) is 5.32 Å². The molecule has 2 aromatic rings. The summed E-state index contributed by atoms with van der Waals surface area (Å²) < 4.78 is 11.1. The van der Waals surface area contributed by atoms with Crippen molar-refractivity contribution in [1.29, 1.82) is 0 Å². The number of urea groups is 1. The van der Waals surface area contributed by atoms with Crippen LogP contribution in [0.2, 0.25) is 0 Å². The fourth-order valence-corrected chi connectivity index (χ4v) is 3.83. The standard InChI is InChI=1S/C20H19N3O6/c1-3-28-18(24)12-4-6-13(7-5-12)22-19(25)21-16-11-20(22,2)29-17-9-8-14(23(26)27)10-15(16)17/h4-10,16H,3,11H2,1-2H3,(H,21,25)/t16-,20-/m0/s1. The van der Waals surface area contributed by atoms with Crippen molar-refractivity contribution in [2.24, 2.45) is 0 Å². The molecule has 9 heteroatoms. The van der Waals surface area contributed by atoms with E-state index in [1.807, 2.05) is 0 Å². The Morgan fingerprint density at radius 1 is 1.34 bits per heavy atom. The van der Waals surface area contributed by atoms with Crippen LogP contribution in [0.3, 0.4) is 0 Å². The molecule has 1 fully saturated rings. The zero-order chi connectivity index (χ0) is 20.8. The minimum absolute atomic E-state index is 0.0535. The predicted octanol–water partition coefficient (Wildman–Crippen LogP) is 3.54. The summed E-state index contributed by atoms with van der Waals surface area (Å²) in [6, 6.07) is 10.1. The lowest BCUT2D eigenvalue weighted by atomic mass is 9.90. The molecule has 0 aromatic heterocycles. The summed E-state index contributed by atoms with van der Waals surface area (Å²) in [6.45, 7) is 3.80. The highest BCUT2D eigenvalue weighted by Crippen LogP contribution is 2.46. The molecular formula is C20H19N3O6. The molecule has 2 aliphatic heterocycles. The fraction of sp³-hybridized carbons (Fsp3) is 0.300. The molecule has 2 heterocycles. The van der Waals surface area contributed by atoms with Gasteiger partial charge in [0.1, 0.15) is 5.75 Å². The van der Waals surface area contributed by atoms with Gasteiger partial charge in [0, 0.05) is 29.8 Å². The summed E-state index contributed by atoms with van der Waals surface area (Å²) >= 11 is 0. The summed E-state index contributed by atoms with van der Waals surface area (Å²) in [5.74, 6) is 0.0559. The van der Waals surface area contributed by atoms with Gasteiger partial charge in [-0.25, -0.2) is 9.59 Å². The number of nitro groups is 1. The minimum atomic E-state index is -0.985. The van der Waals surface area contributed by atoms with E-state index in [-0.39, 0.29) is 18.3 Å². The Morgan fingerprint density at radius 2 is 2.07 bits per heavy atom. The molecule has 0 spiro atoms. The van der Waals surface area contributed by atoms with E-state index in [1.54, 1.807) is 44.2 Å². The minimum Gasteiger partial charge on any atom is -0.467 e. The fourth-order valence-electron chi connectivity index (χ4n) is 3.83. The highest BCUT2D eigenvalue weighted by Gasteiger charge is 2.50. The van der Waals surface area contributed by atoms with Crippen molar-refractivity contribution in [3.8, 4) is 5.75 Å². The van der Waals surface area contributed by atoms with Gasteiger partial charge < -0.3 is 14.8 Å². The third kappa shape index (κ3) is 3.14. The molecule has 2 atom stereocenters. The number of esters is 1. The monoisotopic (exact) mass is 397 g/mol. The van der Waals surface area contributed by atoms with E-state index in [4.69, 9.17) is 9.47 Å². The number of nitro benzene ring substituents is 1. The zero-order valence-electron chi connectivity index (χ0n) is 15.9. The van der Waals surface area contributed by atoms with Gasteiger partial charge in [-0.05, 0) is 44.2 Å². The molecule has 2 aliphatic rings. The predicted molar refractivity (Wildman–Crippen MR) is 103 cm³/mol. The number of benzene rings is 2. The molecule has 0 saturated carbocycles. The first-order valence-corrected chi connectivity index (χ1v) is 9.17. The summed E-state index contributed by atoms with van der Waals surface area (Å²) in [4.78, 5) is 36.8. The summed E-state index contributed by atoms with van der Waals surface area (Å²) in [6.07, 6.45) is 0.409. The Hall–Kier alpha value is -3.62.